The minimum Gasteiger partial charge on any atom is -0.393 e. The Labute approximate surface area is 201 Å². The van der Waals surface area contributed by atoms with Crippen LogP contribution in [0.2, 0.25) is 0 Å². The maximum absolute atomic E-state index is 13.0. The number of rotatable bonds is 7. The Hall–Kier alpha value is -4.02. The first-order valence-corrected chi connectivity index (χ1v) is 11.5. The highest BCUT2D eigenvalue weighted by Gasteiger charge is 2.20. The number of piperidine rings is 1. The second-order valence-corrected chi connectivity index (χ2v) is 8.45. The summed E-state index contributed by atoms with van der Waals surface area (Å²) in [7, 11) is 0. The molecule has 0 unspecified atom stereocenters. The summed E-state index contributed by atoms with van der Waals surface area (Å²) in [5.74, 6) is 0.875. The van der Waals surface area contributed by atoms with Crippen molar-refractivity contribution in [2.24, 2.45) is 0 Å². The van der Waals surface area contributed by atoms with E-state index >= 15 is 0 Å². The summed E-state index contributed by atoms with van der Waals surface area (Å²) in [6.45, 7) is 5.42. The van der Waals surface area contributed by atoms with Gasteiger partial charge in [0.15, 0.2) is 11.5 Å². The van der Waals surface area contributed by atoms with E-state index in [0.717, 1.165) is 24.3 Å². The number of aliphatic hydroxyl groups excluding tert-OH is 2. The van der Waals surface area contributed by atoms with Gasteiger partial charge >= 0.3 is 0 Å². The Bertz CT molecular complexity index is 1410. The fraction of sp³-hybridized carbons (Fsp3) is 0.280. The summed E-state index contributed by atoms with van der Waals surface area (Å²) < 4.78 is 3.19. The number of pyridine rings is 1. The fourth-order valence-electron chi connectivity index (χ4n) is 4.42. The van der Waals surface area contributed by atoms with Gasteiger partial charge in [0.2, 0.25) is 5.95 Å². The van der Waals surface area contributed by atoms with E-state index in [1.54, 1.807) is 23.0 Å². The van der Waals surface area contributed by atoms with Crippen molar-refractivity contribution in [3.8, 4) is 5.82 Å². The molecular weight excluding hydrogens is 446 g/mol. The molecule has 0 atom stereocenters. The van der Waals surface area contributed by atoms with Crippen molar-refractivity contribution in [2.45, 2.75) is 32.1 Å². The van der Waals surface area contributed by atoms with Crippen LogP contribution in [0.5, 0.6) is 0 Å². The second-order valence-electron chi connectivity index (χ2n) is 8.45. The quantitative estimate of drug-likeness (QED) is 0.350. The molecule has 5 rings (SSSR count). The van der Waals surface area contributed by atoms with E-state index < -0.39 is 0 Å². The Morgan fingerprint density at radius 1 is 1.17 bits per heavy atom. The number of hydrogen-bond acceptors (Lipinski definition) is 8. The third-order valence-electron chi connectivity index (χ3n) is 6.15. The molecule has 3 aromatic heterocycles. The minimum atomic E-state index is -0.262. The lowest BCUT2D eigenvalue weighted by atomic mass is 10.0. The number of fused-ring (bicyclic) bond motifs is 1. The lowest BCUT2D eigenvalue weighted by molar-refractivity contribution is 0.145. The van der Waals surface area contributed by atoms with Crippen molar-refractivity contribution in [1.29, 1.82) is 0 Å². The predicted octanol–water partition coefficient (Wildman–Crippen LogP) is 2.36. The lowest BCUT2D eigenvalue weighted by Gasteiger charge is -2.33. The summed E-state index contributed by atoms with van der Waals surface area (Å²) in [6.07, 6.45) is 5.97. The monoisotopic (exact) mass is 473 g/mol. The van der Waals surface area contributed by atoms with E-state index in [-0.39, 0.29) is 18.3 Å². The molecule has 4 heterocycles. The number of benzene rings is 1. The first kappa shape index (κ1) is 22.8. The van der Waals surface area contributed by atoms with Crippen LogP contribution in [0.25, 0.3) is 16.9 Å². The molecule has 0 bridgehead atoms. The molecule has 1 aromatic carbocycles. The van der Waals surface area contributed by atoms with Crippen LogP contribution in [0.4, 0.5) is 17.3 Å². The van der Waals surface area contributed by atoms with E-state index in [2.05, 4.69) is 31.7 Å². The first-order chi connectivity index (χ1) is 17.1. The van der Waals surface area contributed by atoms with Gasteiger partial charge in [0.1, 0.15) is 5.39 Å². The summed E-state index contributed by atoms with van der Waals surface area (Å²) in [4.78, 5) is 28.5. The van der Waals surface area contributed by atoms with Crippen LogP contribution in [-0.2, 0) is 13.2 Å². The van der Waals surface area contributed by atoms with Crippen LogP contribution in [0.15, 0.2) is 66.2 Å². The number of aliphatic hydroxyl groups is 2. The van der Waals surface area contributed by atoms with Gasteiger partial charge in [0, 0.05) is 42.4 Å². The molecule has 0 spiro atoms. The third kappa shape index (κ3) is 4.41. The summed E-state index contributed by atoms with van der Waals surface area (Å²) in [5, 5.41) is 23.3. The molecule has 35 heavy (non-hydrogen) atoms. The van der Waals surface area contributed by atoms with Gasteiger partial charge in [-0.05, 0) is 43.2 Å². The van der Waals surface area contributed by atoms with Crippen LogP contribution in [-0.4, -0.2) is 53.7 Å². The third-order valence-corrected chi connectivity index (χ3v) is 6.15. The number of nitrogens with zero attached hydrogens (tertiary/aromatic N) is 6. The van der Waals surface area contributed by atoms with Gasteiger partial charge in [-0.3, -0.25) is 4.79 Å². The van der Waals surface area contributed by atoms with Gasteiger partial charge in [0.05, 0.1) is 19.3 Å². The minimum absolute atomic E-state index is 0.118. The van der Waals surface area contributed by atoms with E-state index in [9.17, 15) is 15.0 Å². The van der Waals surface area contributed by atoms with E-state index in [1.165, 1.54) is 10.9 Å². The SMILES string of the molecule is C=CCn1c(=O)c2cnc(Nc3ccc(N4CCC(O)CC4)c(CO)c3)nc2n1-c1ccccn1. The Morgan fingerprint density at radius 2 is 2.00 bits per heavy atom. The first-order valence-electron chi connectivity index (χ1n) is 11.5. The molecule has 180 valence electrons. The van der Waals surface area contributed by atoms with Gasteiger partial charge in [-0.2, -0.15) is 4.98 Å². The van der Waals surface area contributed by atoms with E-state index in [1.807, 2.05) is 30.3 Å². The molecule has 10 heteroatoms. The smallest absolute Gasteiger partial charge is 0.278 e. The van der Waals surface area contributed by atoms with Gasteiger partial charge in [-0.1, -0.05) is 12.1 Å². The molecule has 0 saturated carbocycles. The number of aromatic nitrogens is 5. The van der Waals surface area contributed by atoms with Gasteiger partial charge in [-0.15, -0.1) is 6.58 Å². The topological polar surface area (TPSA) is 121 Å². The summed E-state index contributed by atoms with van der Waals surface area (Å²) in [6, 6.07) is 11.2. The van der Waals surface area contributed by atoms with Crippen molar-refractivity contribution in [3.63, 3.8) is 0 Å². The van der Waals surface area contributed by atoms with Crippen LogP contribution >= 0.6 is 0 Å². The van der Waals surface area contributed by atoms with Crippen molar-refractivity contribution < 1.29 is 10.2 Å². The maximum atomic E-state index is 13.0. The van der Waals surface area contributed by atoms with Crippen LogP contribution < -0.4 is 15.8 Å². The molecule has 0 radical (unpaired) electrons. The largest absolute Gasteiger partial charge is 0.393 e. The highest BCUT2D eigenvalue weighted by Crippen LogP contribution is 2.28. The molecule has 1 saturated heterocycles. The van der Waals surface area contributed by atoms with Crippen LogP contribution in [0.3, 0.4) is 0 Å². The average Bonchev–Trinajstić information content (AvgIpc) is 3.16. The molecular formula is C25H27N7O3. The fourth-order valence-corrected chi connectivity index (χ4v) is 4.42. The molecule has 1 fully saturated rings. The standard InChI is InChI=1S/C25H27N7O3/c1-2-11-31-24(35)20-15-27-25(29-23(20)32(31)22-5-3-4-10-26-22)28-18-6-7-21(17(14-18)16-33)30-12-8-19(34)9-13-30/h2-7,10,14-15,19,33-34H,1,8-9,11-13,16H2,(H,27,28,29). The lowest BCUT2D eigenvalue weighted by Crippen LogP contribution is -2.36. The zero-order chi connectivity index (χ0) is 24.4. The van der Waals surface area contributed by atoms with Crippen molar-refractivity contribution >= 4 is 28.4 Å². The number of nitrogens with one attached hydrogen (secondary N) is 1. The van der Waals surface area contributed by atoms with Crippen molar-refractivity contribution in [2.75, 3.05) is 23.3 Å². The molecule has 1 aliphatic heterocycles. The zero-order valence-corrected chi connectivity index (χ0v) is 19.2. The van der Waals surface area contributed by atoms with Gasteiger partial charge in [-0.25, -0.2) is 19.3 Å². The van der Waals surface area contributed by atoms with Gasteiger partial charge < -0.3 is 20.4 Å². The van der Waals surface area contributed by atoms with E-state index in [4.69, 9.17) is 0 Å². The van der Waals surface area contributed by atoms with Crippen molar-refractivity contribution in [3.05, 3.63) is 77.4 Å². The average molecular weight is 474 g/mol. The molecule has 10 nitrogen and oxygen atoms in total. The molecule has 0 amide bonds. The Kier molecular flexibility index (Phi) is 6.30. The molecule has 0 aliphatic carbocycles. The Balaban J connectivity index is 1.50. The summed E-state index contributed by atoms with van der Waals surface area (Å²) in [5.41, 5.74) is 2.64. The normalized spacial score (nSPS) is 14.4. The predicted molar refractivity (Wildman–Crippen MR) is 134 cm³/mol. The number of allylic oxidation sites excluding steroid dienone is 1. The molecule has 3 N–H and O–H groups in total. The molecule has 4 aromatic rings. The van der Waals surface area contributed by atoms with Crippen LogP contribution in [0.1, 0.15) is 18.4 Å². The zero-order valence-electron chi connectivity index (χ0n) is 19.2. The Morgan fingerprint density at radius 3 is 2.71 bits per heavy atom. The highest BCUT2D eigenvalue weighted by molar-refractivity contribution is 5.77. The number of hydrogen-bond donors (Lipinski definition) is 3. The molecule has 1 aliphatic rings. The van der Waals surface area contributed by atoms with Crippen molar-refractivity contribution in [1.82, 2.24) is 24.3 Å². The number of anilines is 3. The van der Waals surface area contributed by atoms with E-state index in [0.29, 0.717) is 47.9 Å². The maximum Gasteiger partial charge on any atom is 0.278 e. The highest BCUT2D eigenvalue weighted by atomic mass is 16.3. The summed E-state index contributed by atoms with van der Waals surface area (Å²) >= 11 is 0. The second kappa shape index (κ2) is 9.69. The van der Waals surface area contributed by atoms with Crippen LogP contribution in [0, 0.1) is 0 Å². The van der Waals surface area contributed by atoms with Gasteiger partial charge in [0.25, 0.3) is 5.56 Å².